The number of hydrogen-bond acceptors (Lipinski definition) is 9. The van der Waals surface area contributed by atoms with Gasteiger partial charge >= 0.3 is 0 Å². The third-order valence-corrected chi connectivity index (χ3v) is 7.09. The number of nitrogens with zero attached hydrogens (tertiary/aromatic N) is 3. The Morgan fingerprint density at radius 1 is 1.30 bits per heavy atom. The molecule has 0 bridgehead atoms. The molecule has 0 aliphatic carbocycles. The van der Waals surface area contributed by atoms with Gasteiger partial charge in [-0.25, -0.2) is 5.43 Å². The number of aromatic nitrogens is 2. The van der Waals surface area contributed by atoms with E-state index in [2.05, 4.69) is 36.7 Å². The summed E-state index contributed by atoms with van der Waals surface area (Å²) in [5.74, 6) is 0.858. The summed E-state index contributed by atoms with van der Waals surface area (Å²) in [6, 6.07) is 8.82. The molecule has 1 heterocycles. The quantitative estimate of drug-likeness (QED) is 0.184. The minimum Gasteiger partial charge on any atom is -0.490 e. The molecule has 8 nitrogen and oxygen atoms in total. The van der Waals surface area contributed by atoms with Crippen LogP contribution in [0.25, 0.3) is 0 Å². The zero-order chi connectivity index (χ0) is 23.8. The first-order valence-electron chi connectivity index (χ1n) is 9.43. The van der Waals surface area contributed by atoms with E-state index in [0.29, 0.717) is 53.2 Å². The summed E-state index contributed by atoms with van der Waals surface area (Å²) in [5, 5.41) is 12.9. The predicted molar refractivity (Wildman–Crippen MR) is 137 cm³/mol. The second-order valence-corrected chi connectivity index (χ2v) is 10.1. The maximum atomic E-state index is 12.0. The molecule has 3 N–H and O–H groups in total. The molecule has 0 fully saturated rings. The molecule has 0 spiro atoms. The van der Waals surface area contributed by atoms with E-state index < -0.39 is 0 Å². The van der Waals surface area contributed by atoms with Crippen molar-refractivity contribution in [2.24, 2.45) is 5.10 Å². The molecule has 3 rings (SSSR count). The van der Waals surface area contributed by atoms with Gasteiger partial charge in [-0.3, -0.25) is 4.79 Å². The Morgan fingerprint density at radius 3 is 2.73 bits per heavy atom. The summed E-state index contributed by atoms with van der Waals surface area (Å²) in [5.41, 5.74) is 9.36. The fraction of sp³-hybridized carbons (Fsp3) is 0.200. The number of hydrazone groups is 1. The molecule has 13 heteroatoms. The number of anilines is 1. The van der Waals surface area contributed by atoms with Crippen molar-refractivity contribution >= 4 is 79.5 Å². The Labute approximate surface area is 217 Å². The molecular weight excluding hydrogens is 573 g/mol. The molecule has 0 aliphatic rings. The van der Waals surface area contributed by atoms with Crippen LogP contribution in [0.1, 0.15) is 18.1 Å². The Hall–Kier alpha value is -2.05. The van der Waals surface area contributed by atoms with Crippen LogP contribution >= 0.6 is 62.2 Å². The zero-order valence-corrected chi connectivity index (χ0v) is 21.9. The van der Waals surface area contributed by atoms with Crippen molar-refractivity contribution in [3.8, 4) is 11.5 Å². The summed E-state index contributed by atoms with van der Waals surface area (Å²) >= 11 is 18.4. The molecule has 0 atom stereocenters. The lowest BCUT2D eigenvalue weighted by atomic mass is 10.2. The van der Waals surface area contributed by atoms with Crippen LogP contribution in [0, 0.1) is 0 Å². The fourth-order valence-corrected chi connectivity index (χ4v) is 5.01. The lowest BCUT2D eigenvalue weighted by molar-refractivity contribution is -0.118. The van der Waals surface area contributed by atoms with Crippen molar-refractivity contribution in [3.63, 3.8) is 0 Å². The number of rotatable bonds is 10. The van der Waals surface area contributed by atoms with Crippen molar-refractivity contribution in [2.45, 2.75) is 17.9 Å². The first-order chi connectivity index (χ1) is 15.9. The highest BCUT2D eigenvalue weighted by Crippen LogP contribution is 2.38. The first-order valence-corrected chi connectivity index (χ1v) is 12.8. The van der Waals surface area contributed by atoms with Crippen molar-refractivity contribution in [1.82, 2.24) is 15.6 Å². The van der Waals surface area contributed by atoms with Crippen LogP contribution in [0.3, 0.4) is 0 Å². The molecule has 174 valence electrons. The van der Waals surface area contributed by atoms with Crippen molar-refractivity contribution in [2.75, 3.05) is 18.1 Å². The normalized spacial score (nSPS) is 11.0. The van der Waals surface area contributed by atoms with Gasteiger partial charge in [0.2, 0.25) is 5.13 Å². The number of ether oxygens (including phenoxy) is 2. The third kappa shape index (κ3) is 7.47. The smallest absolute Gasteiger partial charge is 0.250 e. The van der Waals surface area contributed by atoms with Gasteiger partial charge in [-0.15, -0.1) is 10.2 Å². The summed E-state index contributed by atoms with van der Waals surface area (Å²) in [6.45, 7) is 2.46. The van der Waals surface area contributed by atoms with Gasteiger partial charge in [-0.1, -0.05) is 52.4 Å². The van der Waals surface area contributed by atoms with E-state index in [1.807, 2.05) is 6.92 Å². The minimum absolute atomic E-state index is 0.136. The van der Waals surface area contributed by atoms with Gasteiger partial charge in [-0.2, -0.15) is 5.10 Å². The fourth-order valence-electron chi connectivity index (χ4n) is 2.50. The van der Waals surface area contributed by atoms with Crippen molar-refractivity contribution < 1.29 is 14.3 Å². The molecule has 0 saturated carbocycles. The lowest BCUT2D eigenvalue weighted by Crippen LogP contribution is -2.19. The van der Waals surface area contributed by atoms with Crippen LogP contribution < -0.4 is 20.6 Å². The molecule has 33 heavy (non-hydrogen) atoms. The molecule has 0 aliphatic heterocycles. The van der Waals surface area contributed by atoms with Crippen LogP contribution in [-0.2, 0) is 11.4 Å². The maximum Gasteiger partial charge on any atom is 0.250 e. The van der Waals surface area contributed by atoms with E-state index >= 15 is 0 Å². The Kier molecular flexibility index (Phi) is 9.63. The first kappa shape index (κ1) is 25.6. The number of benzene rings is 2. The second-order valence-electron chi connectivity index (χ2n) is 6.24. The number of nitrogens with one attached hydrogen (secondary N) is 1. The summed E-state index contributed by atoms with van der Waals surface area (Å²) in [6.07, 6.45) is 1.51. The largest absolute Gasteiger partial charge is 0.490 e. The van der Waals surface area contributed by atoms with Crippen LogP contribution in [0.2, 0.25) is 10.0 Å². The van der Waals surface area contributed by atoms with Crippen LogP contribution in [0.5, 0.6) is 11.5 Å². The summed E-state index contributed by atoms with van der Waals surface area (Å²) in [7, 11) is 0. The number of thioether (sulfide) groups is 1. The van der Waals surface area contributed by atoms with E-state index in [0.717, 1.165) is 0 Å². The zero-order valence-electron chi connectivity index (χ0n) is 17.2. The van der Waals surface area contributed by atoms with Gasteiger partial charge in [-0.05, 0) is 52.7 Å². The number of nitrogens with two attached hydrogens (primary N) is 1. The lowest BCUT2D eigenvalue weighted by Gasteiger charge is -2.15. The number of carbonyl (C=O) groups is 1. The van der Waals surface area contributed by atoms with Gasteiger partial charge < -0.3 is 15.2 Å². The number of halogens is 3. The SMILES string of the molecule is CCOc1cc(C=NNC(=O)CSc2nnc(N)s2)cc(Br)c1OCc1c(Cl)cccc1Cl. The number of amides is 1. The maximum absolute atomic E-state index is 12.0. The third-order valence-electron chi connectivity index (χ3n) is 3.91. The molecular formula is C20H18BrCl2N5O3S2. The molecule has 0 saturated heterocycles. The minimum atomic E-state index is -0.286. The second kappa shape index (κ2) is 12.4. The highest BCUT2D eigenvalue weighted by Gasteiger charge is 2.14. The van der Waals surface area contributed by atoms with Gasteiger partial charge in [0, 0.05) is 15.6 Å². The van der Waals surface area contributed by atoms with E-state index in [9.17, 15) is 4.79 Å². The Balaban J connectivity index is 1.65. The molecule has 0 radical (unpaired) electrons. The van der Waals surface area contributed by atoms with Gasteiger partial charge in [0.1, 0.15) is 6.61 Å². The molecule has 1 aromatic heterocycles. The van der Waals surface area contributed by atoms with Crippen LogP contribution in [-0.4, -0.2) is 34.7 Å². The van der Waals surface area contributed by atoms with E-state index in [-0.39, 0.29) is 18.3 Å². The Morgan fingerprint density at radius 2 is 2.06 bits per heavy atom. The topological polar surface area (TPSA) is 112 Å². The summed E-state index contributed by atoms with van der Waals surface area (Å²) < 4.78 is 13.0. The van der Waals surface area contributed by atoms with Crippen LogP contribution in [0.4, 0.5) is 5.13 Å². The van der Waals surface area contributed by atoms with Crippen molar-refractivity contribution in [3.05, 3.63) is 56.0 Å². The standard InChI is InChI=1S/C20H18BrCl2N5O3S2/c1-2-30-16-7-11(8-25-26-17(29)10-32-20-28-27-19(24)33-20)6-13(21)18(16)31-9-12-14(22)4-3-5-15(12)23/h3-8H,2,9-10H2,1H3,(H2,24,27)(H,26,29). The van der Waals surface area contributed by atoms with E-state index in [1.165, 1.54) is 29.3 Å². The van der Waals surface area contributed by atoms with Crippen LogP contribution in [0.15, 0.2) is 44.2 Å². The monoisotopic (exact) mass is 589 g/mol. The Bertz CT molecular complexity index is 1140. The summed E-state index contributed by atoms with van der Waals surface area (Å²) in [4.78, 5) is 12.0. The molecule has 3 aromatic rings. The number of nitrogen functional groups attached to an aromatic ring is 1. The number of hydrogen-bond donors (Lipinski definition) is 2. The molecule has 1 amide bonds. The predicted octanol–water partition coefficient (Wildman–Crippen LogP) is 5.41. The highest BCUT2D eigenvalue weighted by atomic mass is 79.9. The van der Waals surface area contributed by atoms with Gasteiger partial charge in [0.25, 0.3) is 5.91 Å². The average Bonchev–Trinajstić information content (AvgIpc) is 3.19. The van der Waals surface area contributed by atoms with Crippen molar-refractivity contribution in [1.29, 1.82) is 0 Å². The number of carbonyl (C=O) groups excluding carboxylic acids is 1. The molecule has 0 unspecified atom stereocenters. The van der Waals surface area contributed by atoms with Gasteiger partial charge in [0.05, 0.1) is 23.0 Å². The van der Waals surface area contributed by atoms with E-state index in [1.54, 1.807) is 30.3 Å². The average molecular weight is 591 g/mol. The van der Waals surface area contributed by atoms with Gasteiger partial charge in [0.15, 0.2) is 15.8 Å². The molecule has 2 aromatic carbocycles. The highest BCUT2D eigenvalue weighted by molar-refractivity contribution is 9.10. The van der Waals surface area contributed by atoms with E-state index in [4.69, 9.17) is 38.4 Å².